The van der Waals surface area contributed by atoms with E-state index in [1.165, 1.54) is 18.2 Å². The maximum Gasteiger partial charge on any atom is 0.254 e. The molecular formula is C18H16BrF3N2O. The fraction of sp³-hybridized carbons (Fsp3) is 0.278. The second-order valence-corrected chi connectivity index (χ2v) is 6.79. The molecular weight excluding hydrogens is 397 g/mol. The number of carbonyl (C=O) groups excluding carboxylic acids is 1. The van der Waals surface area contributed by atoms with Crippen molar-refractivity contribution in [2.75, 3.05) is 26.2 Å². The molecule has 1 aliphatic rings. The highest BCUT2D eigenvalue weighted by Gasteiger charge is 2.23. The van der Waals surface area contributed by atoms with Crippen LogP contribution in [0.5, 0.6) is 0 Å². The monoisotopic (exact) mass is 412 g/mol. The molecule has 0 atom stereocenters. The number of hydrogen-bond acceptors (Lipinski definition) is 2. The fourth-order valence-corrected chi connectivity index (χ4v) is 3.29. The molecule has 132 valence electrons. The van der Waals surface area contributed by atoms with Gasteiger partial charge >= 0.3 is 0 Å². The molecule has 0 saturated carbocycles. The van der Waals surface area contributed by atoms with E-state index >= 15 is 0 Å². The van der Waals surface area contributed by atoms with Crippen molar-refractivity contribution in [1.29, 1.82) is 0 Å². The molecule has 7 heteroatoms. The lowest BCUT2D eigenvalue weighted by atomic mass is 10.1. The minimum atomic E-state index is -1.02. The highest BCUT2D eigenvalue weighted by molar-refractivity contribution is 9.10. The van der Waals surface area contributed by atoms with E-state index in [-0.39, 0.29) is 17.3 Å². The first-order valence-electron chi connectivity index (χ1n) is 7.84. The van der Waals surface area contributed by atoms with Crippen molar-refractivity contribution in [3.8, 4) is 0 Å². The minimum absolute atomic E-state index is 0.147. The van der Waals surface area contributed by atoms with Crippen LogP contribution in [0.25, 0.3) is 0 Å². The van der Waals surface area contributed by atoms with Gasteiger partial charge in [0.25, 0.3) is 5.91 Å². The van der Waals surface area contributed by atoms with E-state index in [0.29, 0.717) is 37.2 Å². The second-order valence-electron chi connectivity index (χ2n) is 5.93. The minimum Gasteiger partial charge on any atom is -0.336 e. The third-order valence-corrected chi connectivity index (χ3v) is 4.97. The van der Waals surface area contributed by atoms with Crippen molar-refractivity contribution < 1.29 is 18.0 Å². The van der Waals surface area contributed by atoms with E-state index in [2.05, 4.69) is 20.8 Å². The summed E-state index contributed by atoms with van der Waals surface area (Å²) in [6.45, 7) is 2.94. The maximum atomic E-state index is 13.3. The van der Waals surface area contributed by atoms with Crippen LogP contribution >= 0.6 is 15.9 Å². The summed E-state index contributed by atoms with van der Waals surface area (Å²) in [6, 6.07) is 7.77. The van der Waals surface area contributed by atoms with Crippen molar-refractivity contribution >= 4 is 21.8 Å². The molecule has 0 unspecified atom stereocenters. The Hall–Kier alpha value is -1.86. The molecule has 0 spiro atoms. The van der Waals surface area contributed by atoms with Crippen LogP contribution < -0.4 is 0 Å². The topological polar surface area (TPSA) is 23.6 Å². The lowest BCUT2D eigenvalue weighted by molar-refractivity contribution is 0.0627. The molecule has 1 heterocycles. The highest BCUT2D eigenvalue weighted by Crippen LogP contribution is 2.21. The number of hydrogen-bond donors (Lipinski definition) is 0. The fourth-order valence-electron chi connectivity index (χ4n) is 2.81. The van der Waals surface area contributed by atoms with Gasteiger partial charge in [0.05, 0.1) is 0 Å². The summed E-state index contributed by atoms with van der Waals surface area (Å²) in [5.41, 5.74) is 1.12. The number of rotatable bonds is 3. The standard InChI is InChI=1S/C18H16BrF3N2O/c19-15-10-14(20)3-1-13(15)11-23-5-7-24(8-6-23)18(25)12-2-4-16(21)17(22)9-12/h1-4,9-10H,5-8,11H2. The van der Waals surface area contributed by atoms with Crippen LogP contribution in [0.1, 0.15) is 15.9 Å². The van der Waals surface area contributed by atoms with Gasteiger partial charge in [-0.1, -0.05) is 22.0 Å². The van der Waals surface area contributed by atoms with Gasteiger partial charge in [-0.05, 0) is 35.9 Å². The van der Waals surface area contributed by atoms with Gasteiger partial charge < -0.3 is 4.90 Å². The van der Waals surface area contributed by atoms with Crippen LogP contribution in [0.4, 0.5) is 13.2 Å². The molecule has 0 N–H and O–H groups in total. The molecule has 3 rings (SSSR count). The zero-order valence-electron chi connectivity index (χ0n) is 13.3. The predicted molar refractivity (Wildman–Crippen MR) is 91.6 cm³/mol. The number of nitrogens with zero attached hydrogens (tertiary/aromatic N) is 2. The molecule has 0 aliphatic carbocycles. The summed E-state index contributed by atoms with van der Waals surface area (Å²) in [5, 5.41) is 0. The highest BCUT2D eigenvalue weighted by atomic mass is 79.9. The van der Waals surface area contributed by atoms with Crippen molar-refractivity contribution in [2.24, 2.45) is 0 Å². The van der Waals surface area contributed by atoms with E-state index in [9.17, 15) is 18.0 Å². The van der Waals surface area contributed by atoms with Gasteiger partial charge in [0.1, 0.15) is 5.82 Å². The molecule has 2 aromatic rings. The summed E-state index contributed by atoms with van der Waals surface area (Å²) in [7, 11) is 0. The molecule has 1 saturated heterocycles. The van der Waals surface area contributed by atoms with Gasteiger partial charge in [-0.15, -0.1) is 0 Å². The first kappa shape index (κ1) is 17.9. The van der Waals surface area contributed by atoms with Crippen molar-refractivity contribution in [3.05, 3.63) is 69.4 Å². The number of benzene rings is 2. The second kappa shape index (κ2) is 7.58. The van der Waals surface area contributed by atoms with Gasteiger partial charge in [0.15, 0.2) is 11.6 Å². The number of carbonyl (C=O) groups is 1. The molecule has 25 heavy (non-hydrogen) atoms. The zero-order chi connectivity index (χ0) is 18.0. The Morgan fingerprint density at radius 2 is 1.68 bits per heavy atom. The largest absolute Gasteiger partial charge is 0.336 e. The molecule has 1 aliphatic heterocycles. The summed E-state index contributed by atoms with van der Waals surface area (Å²) in [4.78, 5) is 16.2. The number of piperazine rings is 1. The molecule has 2 aromatic carbocycles. The van der Waals surface area contributed by atoms with Gasteiger partial charge in [0.2, 0.25) is 0 Å². The Kier molecular flexibility index (Phi) is 5.44. The average molecular weight is 413 g/mol. The Morgan fingerprint density at radius 3 is 2.32 bits per heavy atom. The van der Waals surface area contributed by atoms with E-state index in [1.54, 1.807) is 11.0 Å². The van der Waals surface area contributed by atoms with Crippen molar-refractivity contribution in [1.82, 2.24) is 9.80 Å². The van der Waals surface area contributed by atoms with E-state index in [1.807, 2.05) is 0 Å². The molecule has 1 fully saturated rings. The van der Waals surface area contributed by atoms with Gasteiger partial charge in [0, 0.05) is 42.8 Å². The number of halogens is 4. The molecule has 1 amide bonds. The Balaban J connectivity index is 1.59. The van der Waals surface area contributed by atoms with Gasteiger partial charge in [-0.2, -0.15) is 0 Å². The molecule has 0 aromatic heterocycles. The quantitative estimate of drug-likeness (QED) is 0.764. The number of amides is 1. The summed E-state index contributed by atoms with van der Waals surface area (Å²) < 4.78 is 40.1. The first-order valence-corrected chi connectivity index (χ1v) is 8.64. The lowest BCUT2D eigenvalue weighted by Crippen LogP contribution is -2.48. The maximum absolute atomic E-state index is 13.3. The van der Waals surface area contributed by atoms with Crippen LogP contribution in [0.3, 0.4) is 0 Å². The van der Waals surface area contributed by atoms with Gasteiger partial charge in [-0.25, -0.2) is 13.2 Å². The normalized spacial score (nSPS) is 15.4. The lowest BCUT2D eigenvalue weighted by Gasteiger charge is -2.35. The molecule has 0 radical (unpaired) electrons. The predicted octanol–water partition coefficient (Wildman–Crippen LogP) is 3.82. The van der Waals surface area contributed by atoms with Crippen LogP contribution in [-0.2, 0) is 6.54 Å². The van der Waals surface area contributed by atoms with Crippen LogP contribution in [-0.4, -0.2) is 41.9 Å². The Bertz CT molecular complexity index is 792. The Morgan fingerprint density at radius 1 is 0.960 bits per heavy atom. The third kappa shape index (κ3) is 4.22. The van der Waals surface area contributed by atoms with Crippen molar-refractivity contribution in [2.45, 2.75) is 6.54 Å². The van der Waals surface area contributed by atoms with E-state index in [0.717, 1.165) is 17.7 Å². The Labute approximate surface area is 152 Å². The smallest absolute Gasteiger partial charge is 0.254 e. The molecule has 3 nitrogen and oxygen atoms in total. The van der Waals surface area contributed by atoms with E-state index in [4.69, 9.17) is 0 Å². The molecule has 0 bridgehead atoms. The average Bonchev–Trinajstić information content (AvgIpc) is 2.60. The van der Waals surface area contributed by atoms with Crippen molar-refractivity contribution in [3.63, 3.8) is 0 Å². The van der Waals surface area contributed by atoms with Crippen LogP contribution in [0.15, 0.2) is 40.9 Å². The van der Waals surface area contributed by atoms with Crippen LogP contribution in [0, 0.1) is 17.5 Å². The van der Waals surface area contributed by atoms with Gasteiger partial charge in [-0.3, -0.25) is 9.69 Å². The zero-order valence-corrected chi connectivity index (χ0v) is 14.9. The summed E-state index contributed by atoms with van der Waals surface area (Å²) in [5.74, 6) is -2.59. The summed E-state index contributed by atoms with van der Waals surface area (Å²) in [6.07, 6.45) is 0. The third-order valence-electron chi connectivity index (χ3n) is 4.24. The van der Waals surface area contributed by atoms with Crippen LogP contribution in [0.2, 0.25) is 0 Å². The van der Waals surface area contributed by atoms with E-state index < -0.39 is 11.6 Å². The summed E-state index contributed by atoms with van der Waals surface area (Å²) >= 11 is 3.35. The SMILES string of the molecule is O=C(c1ccc(F)c(F)c1)N1CCN(Cc2ccc(F)cc2Br)CC1. The first-order chi connectivity index (χ1) is 11.9.